The molecule has 1 atom stereocenters. The van der Waals surface area contributed by atoms with Crippen molar-refractivity contribution in [3.05, 3.63) is 24.3 Å². The van der Waals surface area contributed by atoms with E-state index in [4.69, 9.17) is 9.84 Å². The van der Waals surface area contributed by atoms with Crippen LogP contribution in [0.3, 0.4) is 0 Å². The van der Waals surface area contributed by atoms with Crippen LogP contribution in [0.4, 0.5) is 0 Å². The Morgan fingerprint density at radius 3 is 2.50 bits per heavy atom. The van der Waals surface area contributed by atoms with Gasteiger partial charge in [-0.05, 0) is 30.7 Å². The number of carboxylic acid groups (broad SMARTS) is 1. The van der Waals surface area contributed by atoms with Crippen LogP contribution in [0.5, 0.6) is 5.75 Å². The zero-order valence-electron chi connectivity index (χ0n) is 11.6. The maximum absolute atomic E-state index is 11.6. The molecule has 1 amide bonds. The highest BCUT2D eigenvalue weighted by molar-refractivity contribution is 8.00. The van der Waals surface area contributed by atoms with E-state index in [1.807, 2.05) is 24.3 Å². The van der Waals surface area contributed by atoms with E-state index in [-0.39, 0.29) is 18.2 Å². The number of aliphatic carboxylic acids is 1. The normalized spacial score (nSPS) is 11.7. The smallest absolute Gasteiger partial charge is 0.308 e. The maximum atomic E-state index is 11.6. The minimum atomic E-state index is -0.879. The van der Waals surface area contributed by atoms with Gasteiger partial charge in [-0.3, -0.25) is 9.59 Å². The predicted octanol–water partition coefficient (Wildman–Crippen LogP) is 2.01. The number of thioether (sulfide) groups is 1. The van der Waals surface area contributed by atoms with Crippen molar-refractivity contribution in [3.63, 3.8) is 0 Å². The van der Waals surface area contributed by atoms with Crippen molar-refractivity contribution in [1.29, 1.82) is 0 Å². The van der Waals surface area contributed by atoms with Gasteiger partial charge in [0.2, 0.25) is 5.91 Å². The van der Waals surface area contributed by atoms with Crippen LogP contribution >= 0.6 is 11.8 Å². The molecular formula is C14H19NO4S. The molecule has 20 heavy (non-hydrogen) atoms. The Bertz CT molecular complexity index is 447. The van der Waals surface area contributed by atoms with Crippen molar-refractivity contribution in [2.75, 3.05) is 19.4 Å². The zero-order chi connectivity index (χ0) is 15.0. The van der Waals surface area contributed by atoms with Crippen molar-refractivity contribution in [3.8, 4) is 5.75 Å². The molecule has 1 rings (SSSR count). The van der Waals surface area contributed by atoms with Gasteiger partial charge in [0.25, 0.3) is 0 Å². The van der Waals surface area contributed by atoms with Gasteiger partial charge >= 0.3 is 5.97 Å². The van der Waals surface area contributed by atoms with E-state index in [0.717, 1.165) is 10.6 Å². The molecule has 0 aliphatic heterocycles. The highest BCUT2D eigenvalue weighted by atomic mass is 32.2. The molecule has 2 N–H and O–H groups in total. The number of carboxylic acids is 1. The van der Waals surface area contributed by atoms with Crippen LogP contribution in [0.1, 0.15) is 13.3 Å². The zero-order valence-corrected chi connectivity index (χ0v) is 12.4. The van der Waals surface area contributed by atoms with Crippen LogP contribution in [0.2, 0.25) is 0 Å². The Labute approximate surface area is 122 Å². The fraction of sp³-hybridized carbons (Fsp3) is 0.429. The molecule has 0 radical (unpaired) electrons. The molecule has 110 valence electrons. The quantitative estimate of drug-likeness (QED) is 0.718. The van der Waals surface area contributed by atoms with Gasteiger partial charge in [-0.15, -0.1) is 11.8 Å². The van der Waals surface area contributed by atoms with Crippen LogP contribution in [0.15, 0.2) is 29.2 Å². The van der Waals surface area contributed by atoms with Gasteiger partial charge in [0, 0.05) is 11.4 Å². The van der Waals surface area contributed by atoms with Crippen LogP contribution < -0.4 is 10.1 Å². The number of hydrogen-bond acceptors (Lipinski definition) is 4. The number of methoxy groups -OCH3 is 1. The number of amides is 1. The van der Waals surface area contributed by atoms with Crippen molar-refractivity contribution >= 4 is 23.6 Å². The first-order valence-corrected chi connectivity index (χ1v) is 7.31. The largest absolute Gasteiger partial charge is 0.497 e. The molecule has 5 nitrogen and oxygen atoms in total. The standard InChI is InChI=1S/C14H19NO4S/c1-3-10(14(17)18)8-15-13(16)9-20-12-6-4-11(19-2)5-7-12/h4-7,10H,3,8-9H2,1-2H3,(H,15,16)(H,17,18). The molecule has 1 aromatic rings. The molecule has 0 saturated carbocycles. The molecule has 0 saturated heterocycles. The second-order valence-electron chi connectivity index (χ2n) is 4.21. The third-order valence-corrected chi connectivity index (χ3v) is 3.83. The third-order valence-electron chi connectivity index (χ3n) is 2.82. The Kier molecular flexibility index (Phi) is 6.93. The molecule has 0 bridgehead atoms. The SMILES string of the molecule is CCC(CNC(=O)CSc1ccc(OC)cc1)C(=O)O. The molecule has 0 aliphatic rings. The molecule has 0 aromatic heterocycles. The average Bonchev–Trinajstić information content (AvgIpc) is 2.46. The van der Waals surface area contributed by atoms with Crippen molar-refractivity contribution in [1.82, 2.24) is 5.32 Å². The average molecular weight is 297 g/mol. The second-order valence-corrected chi connectivity index (χ2v) is 5.26. The fourth-order valence-corrected chi connectivity index (χ4v) is 2.24. The van der Waals surface area contributed by atoms with E-state index in [1.54, 1.807) is 14.0 Å². The molecule has 0 spiro atoms. The van der Waals surface area contributed by atoms with Crippen molar-refractivity contribution < 1.29 is 19.4 Å². The predicted molar refractivity (Wildman–Crippen MR) is 78.1 cm³/mol. The molecular weight excluding hydrogens is 278 g/mol. The van der Waals surface area contributed by atoms with Crippen LogP contribution in [-0.4, -0.2) is 36.4 Å². The topological polar surface area (TPSA) is 75.6 Å². The van der Waals surface area contributed by atoms with E-state index < -0.39 is 11.9 Å². The molecule has 6 heteroatoms. The number of carbonyl (C=O) groups is 2. The number of nitrogens with one attached hydrogen (secondary N) is 1. The highest BCUT2D eigenvalue weighted by Gasteiger charge is 2.15. The van der Waals surface area contributed by atoms with Gasteiger partial charge in [-0.25, -0.2) is 0 Å². The lowest BCUT2D eigenvalue weighted by Crippen LogP contribution is -2.33. The first-order valence-electron chi connectivity index (χ1n) is 6.33. The Morgan fingerprint density at radius 2 is 2.00 bits per heavy atom. The number of carbonyl (C=O) groups excluding carboxylic acids is 1. The summed E-state index contributed by atoms with van der Waals surface area (Å²) in [6.45, 7) is 1.96. The Balaban J connectivity index is 2.33. The summed E-state index contributed by atoms with van der Waals surface area (Å²) < 4.78 is 5.05. The van der Waals surface area contributed by atoms with E-state index in [0.29, 0.717) is 6.42 Å². The summed E-state index contributed by atoms with van der Waals surface area (Å²) in [7, 11) is 1.60. The second kappa shape index (κ2) is 8.47. The maximum Gasteiger partial charge on any atom is 0.308 e. The number of hydrogen-bond donors (Lipinski definition) is 2. The summed E-state index contributed by atoms with van der Waals surface area (Å²) in [4.78, 5) is 23.4. The van der Waals surface area contributed by atoms with E-state index in [9.17, 15) is 9.59 Å². The monoisotopic (exact) mass is 297 g/mol. The van der Waals surface area contributed by atoms with Crippen LogP contribution in [-0.2, 0) is 9.59 Å². The summed E-state index contributed by atoms with van der Waals surface area (Å²) in [5, 5.41) is 11.5. The lowest BCUT2D eigenvalue weighted by molar-refractivity contribution is -0.141. The van der Waals surface area contributed by atoms with Gasteiger partial charge in [0.15, 0.2) is 0 Å². The van der Waals surface area contributed by atoms with Gasteiger partial charge in [0.1, 0.15) is 5.75 Å². The van der Waals surface area contributed by atoms with Gasteiger partial charge < -0.3 is 15.2 Å². The third kappa shape index (κ3) is 5.52. The summed E-state index contributed by atoms with van der Waals surface area (Å²) in [6, 6.07) is 7.42. The lowest BCUT2D eigenvalue weighted by atomic mass is 10.1. The fourth-order valence-electron chi connectivity index (χ4n) is 1.52. The summed E-state index contributed by atoms with van der Waals surface area (Å²) >= 11 is 1.40. The minimum Gasteiger partial charge on any atom is -0.497 e. The van der Waals surface area contributed by atoms with Crippen LogP contribution in [0.25, 0.3) is 0 Å². The summed E-state index contributed by atoms with van der Waals surface area (Å²) in [5.41, 5.74) is 0. The molecule has 0 heterocycles. The van der Waals surface area contributed by atoms with E-state index >= 15 is 0 Å². The lowest BCUT2D eigenvalue weighted by Gasteiger charge is -2.11. The van der Waals surface area contributed by atoms with Crippen molar-refractivity contribution in [2.24, 2.45) is 5.92 Å². The van der Waals surface area contributed by atoms with E-state index in [1.165, 1.54) is 11.8 Å². The first-order chi connectivity index (χ1) is 9.56. The molecule has 0 aliphatic carbocycles. The number of rotatable bonds is 8. The summed E-state index contributed by atoms with van der Waals surface area (Å²) in [5.74, 6) is -0.528. The van der Waals surface area contributed by atoms with E-state index in [2.05, 4.69) is 5.32 Å². The molecule has 1 aromatic carbocycles. The minimum absolute atomic E-state index is 0.162. The molecule has 0 fully saturated rings. The first kappa shape index (κ1) is 16.4. The Morgan fingerprint density at radius 1 is 1.35 bits per heavy atom. The Hall–Kier alpha value is -1.69. The van der Waals surface area contributed by atoms with Crippen molar-refractivity contribution in [2.45, 2.75) is 18.2 Å². The van der Waals surface area contributed by atoms with Gasteiger partial charge in [-0.2, -0.15) is 0 Å². The number of benzene rings is 1. The van der Waals surface area contributed by atoms with Gasteiger partial charge in [0.05, 0.1) is 18.8 Å². The molecule has 1 unspecified atom stereocenters. The highest BCUT2D eigenvalue weighted by Crippen LogP contribution is 2.20. The summed E-state index contributed by atoms with van der Waals surface area (Å²) in [6.07, 6.45) is 0.501. The number of ether oxygens (including phenoxy) is 1. The van der Waals surface area contributed by atoms with Gasteiger partial charge in [-0.1, -0.05) is 6.92 Å². The van der Waals surface area contributed by atoms with Crippen LogP contribution in [0, 0.1) is 5.92 Å².